The van der Waals surface area contributed by atoms with Crippen molar-refractivity contribution < 1.29 is 27.2 Å². The number of anilines is 1. The number of amides is 2. The van der Waals surface area contributed by atoms with E-state index in [0.717, 1.165) is 5.76 Å². The van der Waals surface area contributed by atoms with Crippen LogP contribution in [0.25, 0.3) is 0 Å². The van der Waals surface area contributed by atoms with Crippen molar-refractivity contribution in [2.75, 3.05) is 18.4 Å². The van der Waals surface area contributed by atoms with Crippen molar-refractivity contribution in [2.24, 2.45) is 5.92 Å². The molecule has 10 heteroatoms. The smallest absolute Gasteiger partial charge is 0.265 e. The highest BCUT2D eigenvalue weighted by atomic mass is 32.2. The zero-order valence-electron chi connectivity index (χ0n) is 19.0. The van der Waals surface area contributed by atoms with E-state index in [4.69, 9.17) is 9.15 Å². The molecule has 0 aliphatic carbocycles. The van der Waals surface area contributed by atoms with Crippen LogP contribution in [0.5, 0.6) is 5.75 Å². The average molecular weight is 476 g/mol. The van der Waals surface area contributed by atoms with E-state index in [1.165, 1.54) is 10.4 Å². The highest BCUT2D eigenvalue weighted by Crippen LogP contribution is 2.36. The Morgan fingerprint density at radius 3 is 2.76 bits per heavy atom. The van der Waals surface area contributed by atoms with Crippen molar-refractivity contribution in [1.82, 2.24) is 9.62 Å². The predicted molar refractivity (Wildman–Crippen MR) is 121 cm³/mol. The minimum Gasteiger partial charge on any atom is -0.478 e. The number of hydrogen-bond donors (Lipinski definition) is 2. The van der Waals surface area contributed by atoms with Gasteiger partial charge in [-0.2, -0.15) is 4.31 Å². The molecule has 178 valence electrons. The van der Waals surface area contributed by atoms with Crippen LogP contribution in [0.4, 0.5) is 5.69 Å². The van der Waals surface area contributed by atoms with Crippen molar-refractivity contribution in [3.63, 3.8) is 0 Å². The molecule has 2 amide bonds. The molecular formula is C23H29N3O6S. The summed E-state index contributed by atoms with van der Waals surface area (Å²) in [5.41, 5.74) is 0.970. The lowest BCUT2D eigenvalue weighted by molar-refractivity contribution is -0.126. The molecule has 2 aliphatic heterocycles. The summed E-state index contributed by atoms with van der Waals surface area (Å²) < 4.78 is 39.6. The van der Waals surface area contributed by atoms with Crippen LogP contribution in [0.15, 0.2) is 33.6 Å². The Balaban J connectivity index is 1.50. The molecule has 2 atom stereocenters. The zero-order chi connectivity index (χ0) is 23.8. The Morgan fingerprint density at radius 1 is 1.27 bits per heavy atom. The van der Waals surface area contributed by atoms with Gasteiger partial charge in [0.15, 0.2) is 6.10 Å². The molecule has 1 saturated heterocycles. The lowest BCUT2D eigenvalue weighted by Gasteiger charge is -2.32. The van der Waals surface area contributed by atoms with Gasteiger partial charge >= 0.3 is 0 Å². The number of aryl methyl sites for hydroxylation is 2. The van der Waals surface area contributed by atoms with E-state index in [-0.39, 0.29) is 29.8 Å². The number of carbonyl (C=O) groups excluding carboxylic acids is 2. The maximum Gasteiger partial charge on any atom is 0.265 e. The topological polar surface area (TPSA) is 118 Å². The quantitative estimate of drug-likeness (QED) is 0.663. The first kappa shape index (κ1) is 23.3. The first-order valence-corrected chi connectivity index (χ1v) is 12.6. The van der Waals surface area contributed by atoms with E-state index in [1.54, 1.807) is 19.1 Å². The van der Waals surface area contributed by atoms with Crippen LogP contribution in [0.2, 0.25) is 0 Å². The molecular weight excluding hydrogens is 446 g/mol. The van der Waals surface area contributed by atoms with Crippen LogP contribution in [0.3, 0.4) is 0 Å². The molecule has 4 rings (SSSR count). The van der Waals surface area contributed by atoms with Gasteiger partial charge in [0.1, 0.15) is 17.3 Å². The van der Waals surface area contributed by atoms with Gasteiger partial charge in [0.05, 0.1) is 23.0 Å². The molecule has 0 radical (unpaired) electrons. The second kappa shape index (κ2) is 9.18. The number of fused-ring (bicyclic) bond motifs is 1. The number of ether oxygens (including phenoxy) is 1. The molecule has 2 aromatic rings. The van der Waals surface area contributed by atoms with Crippen molar-refractivity contribution in [1.29, 1.82) is 0 Å². The van der Waals surface area contributed by atoms with Gasteiger partial charge in [-0.15, -0.1) is 0 Å². The fourth-order valence-corrected chi connectivity index (χ4v) is 5.99. The lowest BCUT2D eigenvalue weighted by atomic mass is 9.99. The maximum absolute atomic E-state index is 13.5. The first-order chi connectivity index (χ1) is 15.7. The summed E-state index contributed by atoms with van der Waals surface area (Å²) in [4.78, 5) is 24.9. The molecule has 1 aromatic carbocycles. The standard InChI is InChI=1S/C23H29N3O6S/c1-4-19-23(28)25-18-10-14(2)21(11-20(18)32-19)33(29,30)26-9-5-6-16(13-26)22(27)24-12-17-8-7-15(3)31-17/h7-8,10-11,16,19H,4-6,9,12-13H2,1-3H3,(H,24,27)(H,25,28). The summed E-state index contributed by atoms with van der Waals surface area (Å²) in [6.45, 7) is 6.06. The number of sulfonamides is 1. The third-order valence-electron chi connectivity index (χ3n) is 6.07. The van der Waals surface area contributed by atoms with E-state index < -0.39 is 22.0 Å². The average Bonchev–Trinajstić information content (AvgIpc) is 3.21. The van der Waals surface area contributed by atoms with Crippen molar-refractivity contribution in [2.45, 2.75) is 57.6 Å². The van der Waals surface area contributed by atoms with Crippen molar-refractivity contribution >= 4 is 27.5 Å². The predicted octanol–water partition coefficient (Wildman–Crippen LogP) is 2.72. The number of hydrogen-bond acceptors (Lipinski definition) is 6. The van der Waals surface area contributed by atoms with E-state index in [0.29, 0.717) is 48.6 Å². The molecule has 1 fully saturated rings. The largest absolute Gasteiger partial charge is 0.478 e. The number of carbonyl (C=O) groups is 2. The molecule has 0 spiro atoms. The van der Waals surface area contributed by atoms with E-state index >= 15 is 0 Å². The fourth-order valence-electron chi connectivity index (χ4n) is 4.24. The Bertz CT molecular complexity index is 1170. The summed E-state index contributed by atoms with van der Waals surface area (Å²) >= 11 is 0. The molecule has 2 unspecified atom stereocenters. The highest BCUT2D eigenvalue weighted by molar-refractivity contribution is 7.89. The van der Waals surface area contributed by atoms with Gasteiger partial charge in [0.25, 0.3) is 5.91 Å². The Kier molecular flexibility index (Phi) is 6.49. The second-order valence-electron chi connectivity index (χ2n) is 8.55. The lowest BCUT2D eigenvalue weighted by Crippen LogP contribution is -2.45. The Morgan fingerprint density at radius 2 is 2.06 bits per heavy atom. The molecule has 1 aromatic heterocycles. The summed E-state index contributed by atoms with van der Waals surface area (Å²) in [5.74, 6) is 0.887. The molecule has 0 bridgehead atoms. The third kappa shape index (κ3) is 4.77. The molecule has 3 heterocycles. The van der Waals surface area contributed by atoms with Gasteiger partial charge in [-0.25, -0.2) is 8.42 Å². The second-order valence-corrected chi connectivity index (χ2v) is 10.5. The fraction of sp³-hybridized carbons (Fsp3) is 0.478. The first-order valence-electron chi connectivity index (χ1n) is 11.1. The van der Waals surface area contributed by atoms with Crippen LogP contribution in [0, 0.1) is 19.8 Å². The van der Waals surface area contributed by atoms with Gasteiger partial charge in [-0.3, -0.25) is 9.59 Å². The molecule has 2 aliphatic rings. The number of piperidine rings is 1. The molecule has 2 N–H and O–H groups in total. The Labute approximate surface area is 193 Å². The molecule has 0 saturated carbocycles. The summed E-state index contributed by atoms with van der Waals surface area (Å²) in [6, 6.07) is 6.73. The summed E-state index contributed by atoms with van der Waals surface area (Å²) in [6.07, 6.45) is 1.02. The third-order valence-corrected chi connectivity index (χ3v) is 8.08. The van der Waals surface area contributed by atoms with Crippen LogP contribution in [0.1, 0.15) is 43.3 Å². The number of nitrogens with one attached hydrogen (secondary N) is 2. The van der Waals surface area contributed by atoms with E-state index in [9.17, 15) is 18.0 Å². The van der Waals surface area contributed by atoms with Gasteiger partial charge in [-0.05, 0) is 56.9 Å². The van der Waals surface area contributed by atoms with Gasteiger partial charge in [0.2, 0.25) is 15.9 Å². The monoisotopic (exact) mass is 475 g/mol. The van der Waals surface area contributed by atoms with E-state index in [1.807, 2.05) is 19.9 Å². The van der Waals surface area contributed by atoms with Crippen LogP contribution in [-0.4, -0.2) is 43.7 Å². The Hall–Kier alpha value is -2.85. The summed E-state index contributed by atoms with van der Waals surface area (Å²) in [7, 11) is -3.85. The maximum atomic E-state index is 13.5. The van der Waals surface area contributed by atoms with Gasteiger partial charge < -0.3 is 19.8 Å². The normalized spacial score (nSPS) is 21.1. The van der Waals surface area contributed by atoms with Crippen LogP contribution < -0.4 is 15.4 Å². The highest BCUT2D eigenvalue weighted by Gasteiger charge is 2.35. The number of rotatable bonds is 6. The molecule has 9 nitrogen and oxygen atoms in total. The van der Waals surface area contributed by atoms with Gasteiger partial charge in [0, 0.05) is 19.2 Å². The van der Waals surface area contributed by atoms with Crippen molar-refractivity contribution in [3.8, 4) is 5.75 Å². The number of furan rings is 1. The number of benzene rings is 1. The van der Waals surface area contributed by atoms with Crippen LogP contribution in [-0.2, 0) is 26.2 Å². The number of nitrogens with zero attached hydrogens (tertiary/aromatic N) is 1. The van der Waals surface area contributed by atoms with E-state index in [2.05, 4.69) is 10.6 Å². The summed E-state index contributed by atoms with van der Waals surface area (Å²) in [5, 5.41) is 5.63. The minimum absolute atomic E-state index is 0.108. The van der Waals surface area contributed by atoms with Crippen molar-refractivity contribution in [3.05, 3.63) is 41.3 Å². The van der Waals surface area contributed by atoms with Gasteiger partial charge in [-0.1, -0.05) is 6.92 Å². The SMILES string of the molecule is CCC1Oc2cc(S(=O)(=O)N3CCCC(C(=O)NCc4ccc(C)o4)C3)c(C)cc2NC1=O. The minimum atomic E-state index is -3.85. The zero-order valence-corrected chi connectivity index (χ0v) is 19.8. The van der Waals surface area contributed by atoms with Crippen LogP contribution >= 0.6 is 0 Å². The molecule has 33 heavy (non-hydrogen) atoms.